The second-order valence-electron chi connectivity index (χ2n) is 3.78. The normalized spacial score (nSPS) is 10.6. The Labute approximate surface area is 95.8 Å². The summed E-state index contributed by atoms with van der Waals surface area (Å²) in [6.07, 6.45) is 0. The average molecular weight is 225 g/mol. The summed E-state index contributed by atoms with van der Waals surface area (Å²) in [5.41, 5.74) is 6.46. The van der Waals surface area contributed by atoms with Gasteiger partial charge >= 0.3 is 0 Å². The zero-order valence-electron chi connectivity index (χ0n) is 9.97. The van der Waals surface area contributed by atoms with Gasteiger partial charge in [0.1, 0.15) is 0 Å². The topological polar surface area (TPSA) is 71.6 Å². The highest BCUT2D eigenvalue weighted by molar-refractivity contribution is 5.64. The van der Waals surface area contributed by atoms with E-state index in [1.807, 2.05) is 18.7 Å². The fourth-order valence-corrected chi connectivity index (χ4v) is 1.50. The summed E-state index contributed by atoms with van der Waals surface area (Å²) < 4.78 is 5.06. The molecule has 0 unspecified atom stereocenters. The Hall–Kier alpha value is -1.49. The molecule has 0 aliphatic carbocycles. The van der Waals surface area contributed by atoms with Crippen LogP contribution in [-0.2, 0) is 0 Å². The van der Waals surface area contributed by atoms with Gasteiger partial charge in [-0.05, 0) is 19.9 Å². The Bertz CT molecular complexity index is 342. The van der Waals surface area contributed by atoms with Crippen LogP contribution in [0.1, 0.15) is 13.8 Å². The molecule has 0 aliphatic heterocycles. The Morgan fingerprint density at radius 3 is 2.69 bits per heavy atom. The summed E-state index contributed by atoms with van der Waals surface area (Å²) in [6, 6.07) is 3.69. The van der Waals surface area contributed by atoms with Gasteiger partial charge in [0.25, 0.3) is 0 Å². The number of anilines is 2. The van der Waals surface area contributed by atoms with E-state index in [-0.39, 0.29) is 12.6 Å². The number of nitrogen functional groups attached to an aromatic ring is 1. The van der Waals surface area contributed by atoms with E-state index in [0.29, 0.717) is 23.9 Å². The van der Waals surface area contributed by atoms with Crippen LogP contribution in [0.2, 0.25) is 0 Å². The van der Waals surface area contributed by atoms with Gasteiger partial charge in [-0.25, -0.2) is 0 Å². The minimum Gasteiger partial charge on any atom is -0.481 e. The minimum absolute atomic E-state index is 0.0660. The summed E-state index contributed by atoms with van der Waals surface area (Å²) in [4.78, 5) is 6.24. The van der Waals surface area contributed by atoms with Gasteiger partial charge in [-0.15, -0.1) is 0 Å². The molecule has 0 saturated carbocycles. The fourth-order valence-electron chi connectivity index (χ4n) is 1.50. The zero-order valence-corrected chi connectivity index (χ0v) is 9.97. The summed E-state index contributed by atoms with van der Waals surface area (Å²) in [6.45, 7) is 4.62. The van der Waals surface area contributed by atoms with Gasteiger partial charge < -0.3 is 20.5 Å². The SMILES string of the molecule is COc1ccc(N)c(N(CCO)C(C)C)n1. The largest absolute Gasteiger partial charge is 0.481 e. The molecule has 0 bridgehead atoms. The van der Waals surface area contributed by atoms with Crippen LogP contribution in [-0.4, -0.2) is 36.4 Å². The van der Waals surface area contributed by atoms with Crippen LogP contribution in [0.3, 0.4) is 0 Å². The molecule has 5 nitrogen and oxygen atoms in total. The van der Waals surface area contributed by atoms with Crippen molar-refractivity contribution in [1.29, 1.82) is 0 Å². The van der Waals surface area contributed by atoms with Crippen molar-refractivity contribution in [3.05, 3.63) is 12.1 Å². The molecule has 0 saturated heterocycles. The molecular formula is C11H19N3O2. The molecule has 5 heteroatoms. The number of nitrogens with two attached hydrogens (primary N) is 1. The van der Waals surface area contributed by atoms with Crippen LogP contribution in [0, 0.1) is 0 Å². The highest BCUT2D eigenvalue weighted by Gasteiger charge is 2.15. The van der Waals surface area contributed by atoms with Crippen LogP contribution in [0.5, 0.6) is 5.88 Å². The van der Waals surface area contributed by atoms with Crippen LogP contribution in [0.25, 0.3) is 0 Å². The summed E-state index contributed by atoms with van der Waals surface area (Å²) >= 11 is 0. The highest BCUT2D eigenvalue weighted by atomic mass is 16.5. The molecule has 1 rings (SSSR count). The molecule has 16 heavy (non-hydrogen) atoms. The number of aliphatic hydroxyl groups is 1. The predicted molar refractivity (Wildman–Crippen MR) is 64.8 cm³/mol. The van der Waals surface area contributed by atoms with E-state index in [1.54, 1.807) is 19.2 Å². The third kappa shape index (κ3) is 2.76. The minimum atomic E-state index is 0.0660. The predicted octanol–water partition coefficient (Wildman–Crippen LogP) is 0.880. The first-order valence-electron chi connectivity index (χ1n) is 5.28. The molecular weight excluding hydrogens is 206 g/mol. The first-order valence-corrected chi connectivity index (χ1v) is 5.28. The molecule has 1 heterocycles. The van der Waals surface area contributed by atoms with E-state index in [4.69, 9.17) is 15.6 Å². The standard InChI is InChI=1S/C11H19N3O2/c1-8(2)14(6-7-15)11-9(12)4-5-10(13-11)16-3/h4-5,8,15H,6-7,12H2,1-3H3. The van der Waals surface area contributed by atoms with Crippen molar-refractivity contribution < 1.29 is 9.84 Å². The maximum atomic E-state index is 9.02. The molecule has 0 amide bonds. The van der Waals surface area contributed by atoms with Crippen LogP contribution in [0.4, 0.5) is 11.5 Å². The zero-order chi connectivity index (χ0) is 12.1. The second kappa shape index (κ2) is 5.55. The lowest BCUT2D eigenvalue weighted by atomic mass is 10.2. The van der Waals surface area contributed by atoms with Crippen molar-refractivity contribution in [2.75, 3.05) is 30.9 Å². The molecule has 0 spiro atoms. The molecule has 90 valence electrons. The third-order valence-electron chi connectivity index (χ3n) is 2.33. The molecule has 1 aromatic heterocycles. The fraction of sp³-hybridized carbons (Fsp3) is 0.545. The number of hydrogen-bond acceptors (Lipinski definition) is 5. The molecule has 1 aromatic rings. The lowest BCUT2D eigenvalue weighted by molar-refractivity contribution is 0.298. The maximum Gasteiger partial charge on any atom is 0.215 e. The average Bonchev–Trinajstić information content (AvgIpc) is 2.27. The van der Waals surface area contributed by atoms with Gasteiger partial charge in [0.2, 0.25) is 5.88 Å². The van der Waals surface area contributed by atoms with Crippen molar-refractivity contribution in [2.24, 2.45) is 0 Å². The smallest absolute Gasteiger partial charge is 0.215 e. The Morgan fingerprint density at radius 2 is 2.19 bits per heavy atom. The first kappa shape index (κ1) is 12.6. The van der Waals surface area contributed by atoms with Crippen LogP contribution in [0.15, 0.2) is 12.1 Å². The van der Waals surface area contributed by atoms with Gasteiger partial charge in [-0.3, -0.25) is 0 Å². The van der Waals surface area contributed by atoms with Gasteiger partial charge in [-0.2, -0.15) is 4.98 Å². The van der Waals surface area contributed by atoms with Crippen molar-refractivity contribution in [3.8, 4) is 5.88 Å². The lowest BCUT2D eigenvalue weighted by Gasteiger charge is -2.28. The summed E-state index contributed by atoms with van der Waals surface area (Å²) in [5, 5.41) is 9.02. The van der Waals surface area contributed by atoms with Gasteiger partial charge in [0.05, 0.1) is 19.4 Å². The molecule has 0 radical (unpaired) electrons. The maximum absolute atomic E-state index is 9.02. The number of nitrogens with zero attached hydrogens (tertiary/aromatic N) is 2. The number of aromatic nitrogens is 1. The van der Waals surface area contributed by atoms with Crippen molar-refractivity contribution in [3.63, 3.8) is 0 Å². The van der Waals surface area contributed by atoms with E-state index in [9.17, 15) is 0 Å². The Morgan fingerprint density at radius 1 is 1.50 bits per heavy atom. The van der Waals surface area contributed by atoms with Crippen LogP contribution < -0.4 is 15.4 Å². The quantitative estimate of drug-likeness (QED) is 0.778. The van der Waals surface area contributed by atoms with Crippen molar-refractivity contribution in [1.82, 2.24) is 4.98 Å². The molecule has 0 atom stereocenters. The number of rotatable bonds is 5. The summed E-state index contributed by atoms with van der Waals surface area (Å²) in [5.74, 6) is 1.18. The Kier molecular flexibility index (Phi) is 4.37. The molecule has 0 fully saturated rings. The second-order valence-corrected chi connectivity index (χ2v) is 3.78. The van der Waals surface area contributed by atoms with E-state index >= 15 is 0 Å². The third-order valence-corrected chi connectivity index (χ3v) is 2.33. The highest BCUT2D eigenvalue weighted by Crippen LogP contribution is 2.25. The monoisotopic (exact) mass is 225 g/mol. The molecule has 0 aromatic carbocycles. The van der Waals surface area contributed by atoms with Crippen LogP contribution >= 0.6 is 0 Å². The summed E-state index contributed by atoms with van der Waals surface area (Å²) in [7, 11) is 1.56. The van der Waals surface area contributed by atoms with E-state index < -0.39 is 0 Å². The number of aliphatic hydroxyl groups excluding tert-OH is 1. The van der Waals surface area contributed by atoms with E-state index in [1.165, 1.54) is 0 Å². The van der Waals surface area contributed by atoms with Crippen molar-refractivity contribution in [2.45, 2.75) is 19.9 Å². The number of methoxy groups -OCH3 is 1. The van der Waals surface area contributed by atoms with E-state index in [2.05, 4.69) is 4.98 Å². The molecule has 0 aliphatic rings. The number of hydrogen-bond donors (Lipinski definition) is 2. The van der Waals surface area contributed by atoms with E-state index in [0.717, 1.165) is 0 Å². The Balaban J connectivity index is 3.06. The number of ether oxygens (including phenoxy) is 1. The van der Waals surface area contributed by atoms with Gasteiger partial charge in [0, 0.05) is 18.7 Å². The molecule has 3 N–H and O–H groups in total. The first-order chi connectivity index (χ1) is 7.60. The van der Waals surface area contributed by atoms with Gasteiger partial charge in [-0.1, -0.05) is 0 Å². The van der Waals surface area contributed by atoms with Crippen molar-refractivity contribution >= 4 is 11.5 Å². The number of pyridine rings is 1. The van der Waals surface area contributed by atoms with Gasteiger partial charge in [0.15, 0.2) is 5.82 Å². The lowest BCUT2D eigenvalue weighted by Crippen LogP contribution is -2.34.